The van der Waals surface area contributed by atoms with Crippen LogP contribution >= 0.6 is 0 Å². The fourth-order valence-corrected chi connectivity index (χ4v) is 1.98. The standard InChI is InChI=1S/C9H18N2O/c1-12-9-5-8(10-6-9)7-11-3-2-4-11/h8-10H,2-7H2,1H3/t8-,9-/m0/s1. The number of nitrogens with zero attached hydrogens (tertiary/aromatic N) is 1. The van der Waals surface area contributed by atoms with Crippen molar-refractivity contribution in [1.29, 1.82) is 0 Å². The van der Waals surface area contributed by atoms with Crippen LogP contribution in [0.2, 0.25) is 0 Å². The van der Waals surface area contributed by atoms with Crippen LogP contribution in [-0.2, 0) is 4.74 Å². The zero-order chi connectivity index (χ0) is 8.39. The van der Waals surface area contributed by atoms with Gasteiger partial charge < -0.3 is 15.0 Å². The van der Waals surface area contributed by atoms with Gasteiger partial charge in [-0.3, -0.25) is 0 Å². The second kappa shape index (κ2) is 3.73. The van der Waals surface area contributed by atoms with Crippen LogP contribution in [0.4, 0.5) is 0 Å². The minimum absolute atomic E-state index is 0.455. The Labute approximate surface area is 74.1 Å². The Morgan fingerprint density at radius 1 is 1.50 bits per heavy atom. The van der Waals surface area contributed by atoms with E-state index in [1.807, 2.05) is 0 Å². The maximum atomic E-state index is 5.29. The predicted molar refractivity (Wildman–Crippen MR) is 48.3 cm³/mol. The highest BCUT2D eigenvalue weighted by molar-refractivity contribution is 4.86. The van der Waals surface area contributed by atoms with Crippen LogP contribution in [0.5, 0.6) is 0 Å². The van der Waals surface area contributed by atoms with Crippen molar-refractivity contribution in [3.05, 3.63) is 0 Å². The summed E-state index contributed by atoms with van der Waals surface area (Å²) in [6.45, 7) is 4.86. The van der Waals surface area contributed by atoms with Gasteiger partial charge >= 0.3 is 0 Å². The van der Waals surface area contributed by atoms with Gasteiger partial charge in [0, 0.05) is 26.2 Å². The molecular formula is C9H18N2O. The molecule has 2 aliphatic heterocycles. The lowest BCUT2D eigenvalue weighted by Gasteiger charge is -2.32. The first-order chi connectivity index (χ1) is 5.88. The average Bonchev–Trinajstić information content (AvgIpc) is 2.44. The number of nitrogens with one attached hydrogen (secondary N) is 1. The Bertz CT molecular complexity index is 147. The molecule has 0 spiro atoms. The first kappa shape index (κ1) is 8.48. The third kappa shape index (κ3) is 1.79. The normalized spacial score (nSPS) is 36.8. The molecule has 0 aromatic carbocycles. The van der Waals surface area contributed by atoms with E-state index in [0.717, 1.165) is 6.54 Å². The summed E-state index contributed by atoms with van der Waals surface area (Å²) in [5.41, 5.74) is 0. The molecule has 3 heteroatoms. The van der Waals surface area contributed by atoms with Crippen molar-refractivity contribution in [2.45, 2.75) is 25.0 Å². The Kier molecular flexibility index (Phi) is 2.63. The minimum Gasteiger partial charge on any atom is -0.380 e. The maximum Gasteiger partial charge on any atom is 0.0711 e. The Hall–Kier alpha value is -0.120. The van der Waals surface area contributed by atoms with Gasteiger partial charge in [0.25, 0.3) is 0 Å². The van der Waals surface area contributed by atoms with Gasteiger partial charge in [0.05, 0.1) is 6.10 Å². The van der Waals surface area contributed by atoms with Gasteiger partial charge in [-0.25, -0.2) is 0 Å². The topological polar surface area (TPSA) is 24.5 Å². The number of likely N-dealkylation sites (tertiary alicyclic amines) is 1. The van der Waals surface area contributed by atoms with Crippen LogP contribution in [0.25, 0.3) is 0 Å². The molecule has 0 amide bonds. The molecule has 0 aromatic heterocycles. The van der Waals surface area contributed by atoms with E-state index >= 15 is 0 Å². The van der Waals surface area contributed by atoms with Crippen molar-refractivity contribution in [3.63, 3.8) is 0 Å². The first-order valence-corrected chi connectivity index (χ1v) is 4.87. The van der Waals surface area contributed by atoms with E-state index in [1.54, 1.807) is 7.11 Å². The molecule has 0 bridgehead atoms. The van der Waals surface area contributed by atoms with Crippen LogP contribution in [0, 0.1) is 0 Å². The highest BCUT2D eigenvalue weighted by Crippen LogP contribution is 2.13. The molecule has 70 valence electrons. The molecule has 0 unspecified atom stereocenters. The zero-order valence-corrected chi connectivity index (χ0v) is 7.75. The van der Waals surface area contributed by atoms with E-state index in [4.69, 9.17) is 4.74 Å². The Balaban J connectivity index is 1.68. The Morgan fingerprint density at radius 3 is 2.83 bits per heavy atom. The lowest BCUT2D eigenvalue weighted by Crippen LogP contribution is -2.44. The van der Waals surface area contributed by atoms with Crippen molar-refractivity contribution in [2.24, 2.45) is 0 Å². The summed E-state index contributed by atoms with van der Waals surface area (Å²) in [4.78, 5) is 2.51. The van der Waals surface area contributed by atoms with Gasteiger partial charge in [-0.2, -0.15) is 0 Å². The number of methoxy groups -OCH3 is 1. The third-order valence-corrected chi connectivity index (χ3v) is 2.94. The molecule has 2 atom stereocenters. The molecule has 12 heavy (non-hydrogen) atoms. The van der Waals surface area contributed by atoms with E-state index in [1.165, 1.54) is 32.5 Å². The number of ether oxygens (including phenoxy) is 1. The molecule has 0 aliphatic carbocycles. The molecule has 2 heterocycles. The van der Waals surface area contributed by atoms with Crippen molar-refractivity contribution < 1.29 is 4.74 Å². The SMILES string of the molecule is CO[C@@H]1CN[C@H](CN2CCC2)C1. The van der Waals surface area contributed by atoms with Crippen molar-refractivity contribution in [1.82, 2.24) is 10.2 Å². The summed E-state index contributed by atoms with van der Waals surface area (Å²) < 4.78 is 5.29. The van der Waals surface area contributed by atoms with E-state index in [-0.39, 0.29) is 0 Å². The van der Waals surface area contributed by atoms with Gasteiger partial charge in [-0.15, -0.1) is 0 Å². The highest BCUT2D eigenvalue weighted by Gasteiger charge is 2.26. The molecule has 2 aliphatic rings. The monoisotopic (exact) mass is 170 g/mol. The molecule has 0 saturated carbocycles. The van der Waals surface area contributed by atoms with E-state index in [0.29, 0.717) is 12.1 Å². The molecule has 1 N–H and O–H groups in total. The van der Waals surface area contributed by atoms with E-state index < -0.39 is 0 Å². The van der Waals surface area contributed by atoms with Crippen molar-refractivity contribution in [2.75, 3.05) is 33.3 Å². The van der Waals surface area contributed by atoms with Crippen LogP contribution < -0.4 is 5.32 Å². The van der Waals surface area contributed by atoms with Gasteiger partial charge in [0.2, 0.25) is 0 Å². The van der Waals surface area contributed by atoms with Gasteiger partial charge in [0.1, 0.15) is 0 Å². The summed E-state index contributed by atoms with van der Waals surface area (Å²) in [5, 5.41) is 3.49. The van der Waals surface area contributed by atoms with Gasteiger partial charge in [-0.05, 0) is 25.9 Å². The molecule has 0 aromatic rings. The van der Waals surface area contributed by atoms with E-state index in [9.17, 15) is 0 Å². The molecule has 0 radical (unpaired) electrons. The van der Waals surface area contributed by atoms with Crippen LogP contribution in [0.15, 0.2) is 0 Å². The Morgan fingerprint density at radius 2 is 2.33 bits per heavy atom. The van der Waals surface area contributed by atoms with Crippen LogP contribution in [0.1, 0.15) is 12.8 Å². The summed E-state index contributed by atoms with van der Waals surface area (Å²) in [6.07, 6.45) is 3.03. The lowest BCUT2D eigenvalue weighted by molar-refractivity contribution is 0.112. The largest absolute Gasteiger partial charge is 0.380 e. The summed E-state index contributed by atoms with van der Waals surface area (Å²) >= 11 is 0. The first-order valence-electron chi connectivity index (χ1n) is 4.87. The molecule has 3 nitrogen and oxygen atoms in total. The van der Waals surface area contributed by atoms with Crippen molar-refractivity contribution in [3.8, 4) is 0 Å². The number of hydrogen-bond donors (Lipinski definition) is 1. The predicted octanol–water partition coefficient (Wildman–Crippen LogP) is 0.0690. The third-order valence-electron chi connectivity index (χ3n) is 2.94. The quantitative estimate of drug-likeness (QED) is 0.648. The van der Waals surface area contributed by atoms with Gasteiger partial charge in [0.15, 0.2) is 0 Å². The zero-order valence-electron chi connectivity index (χ0n) is 7.75. The average molecular weight is 170 g/mol. The summed E-state index contributed by atoms with van der Waals surface area (Å²) in [6, 6.07) is 0.676. The second-order valence-corrected chi connectivity index (χ2v) is 3.85. The lowest BCUT2D eigenvalue weighted by atomic mass is 10.1. The molecule has 2 fully saturated rings. The molecular weight excluding hydrogens is 152 g/mol. The maximum absolute atomic E-state index is 5.29. The minimum atomic E-state index is 0.455. The summed E-state index contributed by atoms with van der Waals surface area (Å²) in [5.74, 6) is 0. The fraction of sp³-hybridized carbons (Fsp3) is 1.00. The van der Waals surface area contributed by atoms with Crippen molar-refractivity contribution >= 4 is 0 Å². The van der Waals surface area contributed by atoms with E-state index in [2.05, 4.69) is 10.2 Å². The number of rotatable bonds is 3. The second-order valence-electron chi connectivity index (χ2n) is 3.85. The number of hydrogen-bond acceptors (Lipinski definition) is 3. The fourth-order valence-electron chi connectivity index (χ4n) is 1.98. The van der Waals surface area contributed by atoms with Gasteiger partial charge in [-0.1, -0.05) is 0 Å². The molecule has 2 rings (SSSR count). The highest BCUT2D eigenvalue weighted by atomic mass is 16.5. The van der Waals surface area contributed by atoms with Crippen LogP contribution in [0.3, 0.4) is 0 Å². The molecule has 2 saturated heterocycles. The van der Waals surface area contributed by atoms with Crippen LogP contribution in [-0.4, -0.2) is 50.3 Å². The summed E-state index contributed by atoms with van der Waals surface area (Å²) in [7, 11) is 1.80. The smallest absolute Gasteiger partial charge is 0.0711 e.